The normalized spacial score (nSPS) is 10.8. The Morgan fingerprint density at radius 2 is 1.66 bits per heavy atom. The zero-order chi connectivity index (χ0) is 20.1. The highest BCUT2D eigenvalue weighted by Gasteiger charge is 2.10. The molecule has 29 heavy (non-hydrogen) atoms. The van der Waals surface area contributed by atoms with Gasteiger partial charge in [0.25, 0.3) is 0 Å². The molecule has 3 aromatic carbocycles. The number of benzene rings is 3. The largest absolute Gasteiger partial charge is 0.497 e. The van der Waals surface area contributed by atoms with Crippen molar-refractivity contribution >= 4 is 11.0 Å². The fraction of sp³-hybridized carbons (Fsp3) is 0.160. The van der Waals surface area contributed by atoms with Gasteiger partial charge in [0.1, 0.15) is 23.3 Å². The molecule has 1 aromatic heterocycles. The second-order valence-electron chi connectivity index (χ2n) is 6.80. The second-order valence-corrected chi connectivity index (χ2v) is 6.80. The molecule has 0 unspecified atom stereocenters. The molecule has 146 valence electrons. The molecule has 0 atom stereocenters. The second kappa shape index (κ2) is 8.65. The van der Waals surface area contributed by atoms with Crippen LogP contribution in [0.5, 0.6) is 11.5 Å². The molecule has 0 aliphatic carbocycles. The molecule has 4 nitrogen and oxygen atoms in total. The van der Waals surface area contributed by atoms with Crippen molar-refractivity contribution in [3.8, 4) is 22.6 Å². The Morgan fingerprint density at radius 1 is 0.897 bits per heavy atom. The first-order valence-electron chi connectivity index (χ1n) is 9.61. The first-order valence-corrected chi connectivity index (χ1v) is 9.61. The van der Waals surface area contributed by atoms with Crippen LogP contribution in [-0.2, 0) is 6.42 Å². The lowest BCUT2D eigenvalue weighted by atomic mass is 10.1. The summed E-state index contributed by atoms with van der Waals surface area (Å²) in [6, 6.07) is 23.0. The molecule has 0 saturated heterocycles. The molecular formula is C25H22O4. The van der Waals surface area contributed by atoms with Gasteiger partial charge < -0.3 is 13.9 Å². The van der Waals surface area contributed by atoms with Crippen LogP contribution in [0.1, 0.15) is 12.0 Å². The lowest BCUT2D eigenvalue weighted by Crippen LogP contribution is -2.05. The van der Waals surface area contributed by atoms with E-state index in [-0.39, 0.29) is 5.43 Å². The van der Waals surface area contributed by atoms with E-state index < -0.39 is 0 Å². The maximum Gasteiger partial charge on any atom is 0.200 e. The molecule has 4 rings (SSSR count). The summed E-state index contributed by atoms with van der Waals surface area (Å²) in [6.45, 7) is 0.606. The Balaban J connectivity index is 1.47. The Labute approximate surface area is 169 Å². The summed E-state index contributed by atoms with van der Waals surface area (Å²) in [6.07, 6.45) is 3.39. The minimum atomic E-state index is -0.0629. The van der Waals surface area contributed by atoms with Gasteiger partial charge in [0.15, 0.2) is 5.43 Å². The Kier molecular flexibility index (Phi) is 5.61. The molecule has 4 heteroatoms. The van der Waals surface area contributed by atoms with Crippen LogP contribution in [-0.4, -0.2) is 13.7 Å². The van der Waals surface area contributed by atoms with Crippen LogP contribution in [0.3, 0.4) is 0 Å². The third kappa shape index (κ3) is 4.32. The van der Waals surface area contributed by atoms with Crippen molar-refractivity contribution < 1.29 is 13.9 Å². The molecule has 1 heterocycles. The van der Waals surface area contributed by atoms with E-state index in [1.54, 1.807) is 19.2 Å². The smallest absolute Gasteiger partial charge is 0.200 e. The quantitative estimate of drug-likeness (QED) is 0.395. The summed E-state index contributed by atoms with van der Waals surface area (Å²) in [4.78, 5) is 12.9. The average molecular weight is 386 g/mol. The van der Waals surface area contributed by atoms with E-state index >= 15 is 0 Å². The molecule has 0 bridgehead atoms. The summed E-state index contributed by atoms with van der Waals surface area (Å²) >= 11 is 0. The third-order valence-electron chi connectivity index (χ3n) is 4.87. The SMILES string of the molecule is COc1ccc(-c2coc3cc(OCCCc4ccccc4)ccc3c2=O)cc1. The van der Waals surface area contributed by atoms with Crippen LogP contribution in [0.25, 0.3) is 22.1 Å². The zero-order valence-corrected chi connectivity index (χ0v) is 16.3. The van der Waals surface area contributed by atoms with Crippen molar-refractivity contribution in [3.05, 3.63) is 94.8 Å². The topological polar surface area (TPSA) is 48.7 Å². The van der Waals surface area contributed by atoms with Crippen molar-refractivity contribution in [3.63, 3.8) is 0 Å². The highest BCUT2D eigenvalue weighted by Crippen LogP contribution is 2.24. The van der Waals surface area contributed by atoms with Gasteiger partial charge in [-0.3, -0.25) is 4.79 Å². The van der Waals surface area contributed by atoms with E-state index in [1.807, 2.05) is 48.5 Å². The molecule has 0 N–H and O–H groups in total. The maximum absolute atomic E-state index is 12.9. The van der Waals surface area contributed by atoms with Gasteiger partial charge >= 0.3 is 0 Å². The van der Waals surface area contributed by atoms with E-state index in [4.69, 9.17) is 13.9 Å². The molecule has 0 amide bonds. The van der Waals surface area contributed by atoms with Gasteiger partial charge in [-0.15, -0.1) is 0 Å². The van der Waals surface area contributed by atoms with Crippen LogP contribution >= 0.6 is 0 Å². The van der Waals surface area contributed by atoms with Gasteiger partial charge in [0.05, 0.1) is 24.7 Å². The molecule has 0 fully saturated rings. The zero-order valence-electron chi connectivity index (χ0n) is 16.3. The number of hydrogen-bond acceptors (Lipinski definition) is 4. The molecule has 0 spiro atoms. The predicted octanol–water partition coefficient (Wildman–Crippen LogP) is 5.48. The molecule has 0 radical (unpaired) electrons. The summed E-state index contributed by atoms with van der Waals surface area (Å²) in [7, 11) is 1.61. The van der Waals surface area contributed by atoms with E-state index in [0.29, 0.717) is 28.9 Å². The Morgan fingerprint density at radius 3 is 2.41 bits per heavy atom. The maximum atomic E-state index is 12.9. The monoisotopic (exact) mass is 386 g/mol. The molecule has 4 aromatic rings. The van der Waals surface area contributed by atoms with Crippen LogP contribution in [0.15, 0.2) is 88.3 Å². The number of methoxy groups -OCH3 is 1. The van der Waals surface area contributed by atoms with E-state index in [9.17, 15) is 4.79 Å². The van der Waals surface area contributed by atoms with Crippen molar-refractivity contribution in [1.82, 2.24) is 0 Å². The van der Waals surface area contributed by atoms with Gasteiger partial charge in [-0.25, -0.2) is 0 Å². The van der Waals surface area contributed by atoms with Crippen LogP contribution in [0.2, 0.25) is 0 Å². The van der Waals surface area contributed by atoms with E-state index in [1.165, 1.54) is 11.8 Å². The van der Waals surface area contributed by atoms with Crippen LogP contribution < -0.4 is 14.9 Å². The number of hydrogen-bond donors (Lipinski definition) is 0. The molecular weight excluding hydrogens is 364 g/mol. The number of ether oxygens (including phenoxy) is 2. The van der Waals surface area contributed by atoms with Crippen molar-refractivity contribution in [2.45, 2.75) is 12.8 Å². The fourth-order valence-corrected chi connectivity index (χ4v) is 3.28. The number of fused-ring (bicyclic) bond motifs is 1. The van der Waals surface area contributed by atoms with Crippen molar-refractivity contribution in [2.75, 3.05) is 13.7 Å². The van der Waals surface area contributed by atoms with Crippen LogP contribution in [0.4, 0.5) is 0 Å². The fourth-order valence-electron chi connectivity index (χ4n) is 3.28. The summed E-state index contributed by atoms with van der Waals surface area (Å²) in [5.74, 6) is 1.44. The van der Waals surface area contributed by atoms with Crippen molar-refractivity contribution in [2.24, 2.45) is 0 Å². The van der Waals surface area contributed by atoms with Crippen molar-refractivity contribution in [1.29, 1.82) is 0 Å². The molecule has 0 aliphatic rings. The van der Waals surface area contributed by atoms with Gasteiger partial charge in [0, 0.05) is 6.07 Å². The minimum Gasteiger partial charge on any atom is -0.497 e. The average Bonchev–Trinajstić information content (AvgIpc) is 2.78. The first kappa shape index (κ1) is 18.8. The van der Waals surface area contributed by atoms with Crippen LogP contribution in [0, 0.1) is 0 Å². The first-order chi connectivity index (χ1) is 14.2. The van der Waals surface area contributed by atoms with E-state index in [0.717, 1.165) is 24.2 Å². The molecule has 0 saturated carbocycles. The number of aryl methyl sites for hydroxylation is 1. The highest BCUT2D eigenvalue weighted by molar-refractivity contribution is 5.82. The Hall–Kier alpha value is -3.53. The number of rotatable bonds is 7. The van der Waals surface area contributed by atoms with Gasteiger partial charge in [0.2, 0.25) is 0 Å². The minimum absolute atomic E-state index is 0.0629. The summed E-state index contributed by atoms with van der Waals surface area (Å²) < 4.78 is 16.7. The van der Waals surface area contributed by atoms with Gasteiger partial charge in [-0.05, 0) is 48.2 Å². The highest BCUT2D eigenvalue weighted by atomic mass is 16.5. The summed E-state index contributed by atoms with van der Waals surface area (Å²) in [5, 5.41) is 0.537. The third-order valence-corrected chi connectivity index (χ3v) is 4.87. The van der Waals surface area contributed by atoms with Gasteiger partial charge in [-0.2, -0.15) is 0 Å². The standard InChI is InChI=1S/C25H22O4/c1-27-20-11-9-19(10-12-20)23-17-29-24-16-21(13-14-22(24)25(23)26)28-15-5-8-18-6-3-2-4-7-18/h2-4,6-7,9-14,16-17H,5,8,15H2,1H3. The lowest BCUT2D eigenvalue weighted by Gasteiger charge is -2.08. The van der Waals surface area contributed by atoms with Gasteiger partial charge in [-0.1, -0.05) is 42.5 Å². The Bertz CT molecular complexity index is 1150. The molecule has 0 aliphatic heterocycles. The predicted molar refractivity (Wildman–Crippen MR) is 115 cm³/mol. The van der Waals surface area contributed by atoms with E-state index in [2.05, 4.69) is 12.1 Å². The lowest BCUT2D eigenvalue weighted by molar-refractivity contribution is 0.311. The summed E-state index contributed by atoms with van der Waals surface area (Å²) in [5.41, 5.74) is 3.07.